The SMILES string of the molecule is O=C(CC(F)(F)F)N1CCN(c2ccc(-n3cccn3)nn2)CC1. The van der Waals surface area contributed by atoms with Gasteiger partial charge >= 0.3 is 6.18 Å². The van der Waals surface area contributed by atoms with Gasteiger partial charge in [0.1, 0.15) is 6.42 Å². The molecular formula is C14H15F3N6O. The molecule has 0 atom stereocenters. The van der Waals surface area contributed by atoms with Gasteiger partial charge in [0.2, 0.25) is 5.91 Å². The van der Waals surface area contributed by atoms with Crippen molar-refractivity contribution >= 4 is 11.7 Å². The van der Waals surface area contributed by atoms with Gasteiger partial charge in [-0.25, -0.2) is 4.68 Å². The molecule has 0 spiro atoms. The third-order valence-electron chi connectivity index (χ3n) is 3.68. The summed E-state index contributed by atoms with van der Waals surface area (Å²) in [5, 5.41) is 12.2. The second-order valence-corrected chi connectivity index (χ2v) is 5.36. The molecule has 3 heterocycles. The number of hydrogen-bond donors (Lipinski definition) is 0. The van der Waals surface area contributed by atoms with E-state index in [-0.39, 0.29) is 13.1 Å². The van der Waals surface area contributed by atoms with Gasteiger partial charge < -0.3 is 9.80 Å². The molecule has 24 heavy (non-hydrogen) atoms. The number of rotatable bonds is 3. The van der Waals surface area contributed by atoms with E-state index in [0.29, 0.717) is 24.7 Å². The molecule has 128 valence electrons. The van der Waals surface area contributed by atoms with E-state index in [1.165, 1.54) is 4.90 Å². The van der Waals surface area contributed by atoms with Gasteiger partial charge in [-0.3, -0.25) is 4.79 Å². The van der Waals surface area contributed by atoms with E-state index in [1.54, 1.807) is 35.3 Å². The topological polar surface area (TPSA) is 67.2 Å². The molecule has 2 aromatic heterocycles. The van der Waals surface area contributed by atoms with Gasteiger partial charge in [0, 0.05) is 38.6 Å². The van der Waals surface area contributed by atoms with Gasteiger partial charge in [-0.1, -0.05) is 0 Å². The fraction of sp³-hybridized carbons (Fsp3) is 0.429. The van der Waals surface area contributed by atoms with Crippen LogP contribution < -0.4 is 4.90 Å². The summed E-state index contributed by atoms with van der Waals surface area (Å²) >= 11 is 0. The van der Waals surface area contributed by atoms with Crippen LogP contribution in [0, 0.1) is 0 Å². The Morgan fingerprint density at radius 3 is 2.29 bits per heavy atom. The number of amides is 1. The molecule has 1 amide bonds. The minimum atomic E-state index is -4.47. The van der Waals surface area contributed by atoms with E-state index >= 15 is 0 Å². The molecule has 0 aromatic carbocycles. The second-order valence-electron chi connectivity index (χ2n) is 5.36. The highest BCUT2D eigenvalue weighted by atomic mass is 19.4. The van der Waals surface area contributed by atoms with Gasteiger partial charge in [0.05, 0.1) is 0 Å². The minimum Gasteiger partial charge on any atom is -0.352 e. The Hall–Kier alpha value is -2.65. The Morgan fingerprint density at radius 1 is 1.08 bits per heavy atom. The average Bonchev–Trinajstić information content (AvgIpc) is 3.08. The lowest BCUT2D eigenvalue weighted by Crippen LogP contribution is -2.49. The molecule has 2 aromatic rings. The maximum Gasteiger partial charge on any atom is 0.397 e. The molecule has 3 rings (SSSR count). The van der Waals surface area contributed by atoms with Gasteiger partial charge in [-0.2, -0.15) is 18.3 Å². The van der Waals surface area contributed by atoms with Crippen LogP contribution in [0.1, 0.15) is 6.42 Å². The van der Waals surface area contributed by atoms with Crippen LogP contribution >= 0.6 is 0 Å². The van der Waals surface area contributed by atoms with Crippen molar-refractivity contribution in [3.63, 3.8) is 0 Å². The van der Waals surface area contributed by atoms with Crippen molar-refractivity contribution in [2.24, 2.45) is 0 Å². The first kappa shape index (κ1) is 16.2. The number of carbonyl (C=O) groups excluding carboxylic acids is 1. The zero-order valence-electron chi connectivity index (χ0n) is 12.6. The summed E-state index contributed by atoms with van der Waals surface area (Å²) in [5.41, 5.74) is 0. The molecule has 1 aliphatic heterocycles. The molecule has 1 aliphatic rings. The summed E-state index contributed by atoms with van der Waals surface area (Å²) in [6, 6.07) is 5.31. The zero-order valence-corrected chi connectivity index (χ0v) is 12.6. The summed E-state index contributed by atoms with van der Waals surface area (Å²) in [5.74, 6) is 0.304. The summed E-state index contributed by atoms with van der Waals surface area (Å²) in [4.78, 5) is 14.7. The smallest absolute Gasteiger partial charge is 0.352 e. The van der Waals surface area contributed by atoms with Crippen LogP contribution in [-0.2, 0) is 4.79 Å². The molecule has 0 aliphatic carbocycles. The quantitative estimate of drug-likeness (QED) is 0.842. The molecule has 0 saturated carbocycles. The summed E-state index contributed by atoms with van der Waals surface area (Å²) < 4.78 is 38.4. The first-order valence-corrected chi connectivity index (χ1v) is 7.35. The van der Waals surface area contributed by atoms with Crippen molar-refractivity contribution in [3.8, 4) is 5.82 Å². The maximum absolute atomic E-state index is 12.3. The van der Waals surface area contributed by atoms with Crippen molar-refractivity contribution < 1.29 is 18.0 Å². The van der Waals surface area contributed by atoms with Crippen molar-refractivity contribution in [1.82, 2.24) is 24.9 Å². The van der Waals surface area contributed by atoms with Crippen LogP contribution in [0.5, 0.6) is 0 Å². The average molecular weight is 340 g/mol. The molecule has 1 fully saturated rings. The first-order valence-electron chi connectivity index (χ1n) is 7.35. The van der Waals surface area contributed by atoms with Gasteiger partial charge in [-0.05, 0) is 18.2 Å². The normalized spacial score (nSPS) is 15.6. The second kappa shape index (κ2) is 6.46. The number of aromatic nitrogens is 4. The highest BCUT2D eigenvalue weighted by Gasteiger charge is 2.34. The first-order chi connectivity index (χ1) is 11.4. The highest BCUT2D eigenvalue weighted by Crippen LogP contribution is 2.21. The predicted octanol–water partition coefficient (Wildman–Crippen LogP) is 1.26. The van der Waals surface area contributed by atoms with Crippen molar-refractivity contribution in [3.05, 3.63) is 30.6 Å². The molecule has 0 N–H and O–H groups in total. The number of anilines is 1. The number of halogens is 3. The molecule has 10 heteroatoms. The Labute approximate surface area is 135 Å². The molecule has 7 nitrogen and oxygen atoms in total. The Morgan fingerprint density at radius 2 is 1.75 bits per heavy atom. The Balaban J connectivity index is 1.58. The van der Waals surface area contributed by atoms with Gasteiger partial charge in [0.25, 0.3) is 0 Å². The lowest BCUT2D eigenvalue weighted by molar-refractivity contribution is -0.161. The van der Waals surface area contributed by atoms with E-state index in [9.17, 15) is 18.0 Å². The van der Waals surface area contributed by atoms with Gasteiger partial charge in [-0.15, -0.1) is 10.2 Å². The lowest BCUT2D eigenvalue weighted by Gasteiger charge is -2.35. The predicted molar refractivity (Wildman–Crippen MR) is 78.6 cm³/mol. The number of hydrogen-bond acceptors (Lipinski definition) is 5. The summed E-state index contributed by atoms with van der Waals surface area (Å²) in [6.07, 6.45) is -2.51. The van der Waals surface area contributed by atoms with Crippen LogP contribution in [0.3, 0.4) is 0 Å². The lowest BCUT2D eigenvalue weighted by atomic mass is 10.2. The monoisotopic (exact) mass is 340 g/mol. The largest absolute Gasteiger partial charge is 0.397 e. The van der Waals surface area contributed by atoms with E-state index < -0.39 is 18.5 Å². The molecule has 0 radical (unpaired) electrons. The number of alkyl halides is 3. The fourth-order valence-corrected chi connectivity index (χ4v) is 2.48. The number of piperazine rings is 1. The van der Waals surface area contributed by atoms with Crippen LogP contribution in [0.2, 0.25) is 0 Å². The van der Waals surface area contributed by atoms with E-state index in [4.69, 9.17) is 0 Å². The number of carbonyl (C=O) groups is 1. The van der Waals surface area contributed by atoms with Crippen molar-refractivity contribution in [2.75, 3.05) is 31.1 Å². The maximum atomic E-state index is 12.3. The molecule has 0 unspecified atom stereocenters. The third-order valence-corrected chi connectivity index (χ3v) is 3.68. The van der Waals surface area contributed by atoms with Crippen molar-refractivity contribution in [2.45, 2.75) is 12.6 Å². The summed E-state index contributed by atoms with van der Waals surface area (Å²) in [6.45, 7) is 1.30. The standard InChI is InChI=1S/C14H15F3N6O/c15-14(16,17)10-13(24)22-8-6-21(7-9-22)11-2-3-12(20-19-11)23-5-1-4-18-23/h1-5H,6-10H2. The highest BCUT2D eigenvalue weighted by molar-refractivity contribution is 5.77. The van der Waals surface area contributed by atoms with Crippen LogP contribution in [-0.4, -0.2) is 63.1 Å². The van der Waals surface area contributed by atoms with Gasteiger partial charge in [0.15, 0.2) is 11.6 Å². The van der Waals surface area contributed by atoms with Crippen molar-refractivity contribution in [1.29, 1.82) is 0 Å². The molecule has 1 saturated heterocycles. The van der Waals surface area contributed by atoms with Crippen LogP contribution in [0.15, 0.2) is 30.6 Å². The molecule has 0 bridgehead atoms. The van der Waals surface area contributed by atoms with E-state index in [1.807, 2.05) is 4.90 Å². The molecular weight excluding hydrogens is 325 g/mol. The number of nitrogens with zero attached hydrogens (tertiary/aromatic N) is 6. The zero-order chi connectivity index (χ0) is 17.2. The fourth-order valence-electron chi connectivity index (χ4n) is 2.48. The third kappa shape index (κ3) is 3.81. The minimum absolute atomic E-state index is 0.234. The summed E-state index contributed by atoms with van der Waals surface area (Å²) in [7, 11) is 0. The Kier molecular flexibility index (Phi) is 4.36. The van der Waals surface area contributed by atoms with E-state index in [2.05, 4.69) is 15.3 Å². The van der Waals surface area contributed by atoms with Crippen LogP contribution in [0.25, 0.3) is 5.82 Å². The van der Waals surface area contributed by atoms with Crippen LogP contribution in [0.4, 0.5) is 19.0 Å². The Bertz CT molecular complexity index is 678. The van der Waals surface area contributed by atoms with E-state index in [0.717, 1.165) is 0 Å².